The summed E-state index contributed by atoms with van der Waals surface area (Å²) in [5, 5.41) is 3.03. The van der Waals surface area contributed by atoms with E-state index in [1.54, 1.807) is 11.8 Å². The number of nitrogens with one attached hydrogen (secondary N) is 1. The quantitative estimate of drug-likeness (QED) is 0.666. The zero-order valence-electron chi connectivity index (χ0n) is 11.4. The van der Waals surface area contributed by atoms with Crippen LogP contribution in [0.15, 0.2) is 41.3 Å². The van der Waals surface area contributed by atoms with E-state index in [2.05, 4.69) is 31.3 Å². The van der Waals surface area contributed by atoms with Crippen LogP contribution in [0, 0.1) is 0 Å². The van der Waals surface area contributed by atoms with Crippen LogP contribution in [0.25, 0.3) is 0 Å². The highest BCUT2D eigenvalue weighted by Gasteiger charge is 2.23. The molecule has 1 N–H and O–H groups in total. The topological polar surface area (TPSA) is 32.3 Å². The Kier molecular flexibility index (Phi) is 4.91. The molecular formula is C15H20N2OS. The summed E-state index contributed by atoms with van der Waals surface area (Å²) in [7, 11) is 0. The van der Waals surface area contributed by atoms with Crippen molar-refractivity contribution in [2.45, 2.75) is 31.2 Å². The van der Waals surface area contributed by atoms with Crippen LogP contribution in [0.4, 0.5) is 10.5 Å². The molecule has 0 bridgehead atoms. The molecule has 0 saturated carbocycles. The van der Waals surface area contributed by atoms with Gasteiger partial charge in [-0.05, 0) is 24.3 Å². The maximum atomic E-state index is 12.3. The van der Waals surface area contributed by atoms with E-state index in [1.165, 1.54) is 0 Å². The van der Waals surface area contributed by atoms with Gasteiger partial charge in [0.1, 0.15) is 0 Å². The summed E-state index contributed by atoms with van der Waals surface area (Å²) >= 11 is 1.74. The van der Waals surface area contributed by atoms with E-state index < -0.39 is 0 Å². The maximum Gasteiger partial charge on any atom is 0.322 e. The van der Waals surface area contributed by atoms with Gasteiger partial charge in [-0.2, -0.15) is 0 Å². The first kappa shape index (κ1) is 14.0. The predicted molar refractivity (Wildman–Crippen MR) is 81.8 cm³/mol. The fourth-order valence-electron chi connectivity index (χ4n) is 2.20. The Morgan fingerprint density at radius 3 is 2.95 bits per heavy atom. The van der Waals surface area contributed by atoms with E-state index in [1.807, 2.05) is 29.2 Å². The van der Waals surface area contributed by atoms with Gasteiger partial charge in [-0.25, -0.2) is 4.79 Å². The minimum Gasteiger partial charge on any atom is -0.314 e. The molecule has 1 aromatic rings. The number of amides is 2. The third-order valence-corrected chi connectivity index (χ3v) is 4.12. The first-order valence-electron chi connectivity index (χ1n) is 6.72. The van der Waals surface area contributed by atoms with Crippen LogP contribution >= 0.6 is 11.8 Å². The van der Waals surface area contributed by atoms with Crippen molar-refractivity contribution >= 4 is 23.5 Å². The Hall–Kier alpha value is -1.42. The summed E-state index contributed by atoms with van der Waals surface area (Å²) in [4.78, 5) is 15.3. The molecule has 2 amide bonds. The van der Waals surface area contributed by atoms with Crippen molar-refractivity contribution in [3.8, 4) is 0 Å². The number of rotatable bonds is 4. The van der Waals surface area contributed by atoms with Crippen molar-refractivity contribution < 1.29 is 4.79 Å². The van der Waals surface area contributed by atoms with Crippen LogP contribution in [0.3, 0.4) is 0 Å². The number of carbonyl (C=O) groups excluding carboxylic acids is 1. The Bertz CT molecular complexity index is 473. The zero-order valence-corrected chi connectivity index (χ0v) is 12.2. The zero-order chi connectivity index (χ0) is 13.7. The van der Waals surface area contributed by atoms with Gasteiger partial charge >= 0.3 is 6.03 Å². The lowest BCUT2D eigenvalue weighted by Crippen LogP contribution is -2.38. The standard InChI is InChI=1S/C15H20N2OS/c1-3-12-8-7-11-17(12)15(18)16-13-9-5-6-10-14(13)19-4-2/h5-10,12H,3-4,11H2,1-2H3,(H,16,18). The molecule has 19 heavy (non-hydrogen) atoms. The molecule has 1 aliphatic rings. The van der Waals surface area contributed by atoms with Crippen molar-refractivity contribution in [3.05, 3.63) is 36.4 Å². The lowest BCUT2D eigenvalue weighted by Gasteiger charge is -2.24. The molecule has 102 valence electrons. The third kappa shape index (κ3) is 3.32. The van der Waals surface area contributed by atoms with Crippen LogP contribution < -0.4 is 5.32 Å². The number of carbonyl (C=O) groups is 1. The summed E-state index contributed by atoms with van der Waals surface area (Å²) in [6.07, 6.45) is 5.11. The second kappa shape index (κ2) is 6.66. The molecule has 0 aromatic heterocycles. The van der Waals surface area contributed by atoms with E-state index in [4.69, 9.17) is 0 Å². The number of thioether (sulfide) groups is 1. The van der Waals surface area contributed by atoms with E-state index in [0.29, 0.717) is 6.54 Å². The van der Waals surface area contributed by atoms with E-state index in [0.717, 1.165) is 22.8 Å². The van der Waals surface area contributed by atoms with Gasteiger partial charge in [-0.15, -0.1) is 11.8 Å². The highest BCUT2D eigenvalue weighted by molar-refractivity contribution is 7.99. The summed E-state index contributed by atoms with van der Waals surface area (Å²) < 4.78 is 0. The molecule has 1 aliphatic heterocycles. The van der Waals surface area contributed by atoms with Crippen molar-refractivity contribution in [1.29, 1.82) is 0 Å². The molecule has 0 saturated heterocycles. The van der Waals surface area contributed by atoms with Gasteiger partial charge in [0.15, 0.2) is 0 Å². The van der Waals surface area contributed by atoms with Gasteiger partial charge in [-0.1, -0.05) is 38.1 Å². The molecule has 0 aliphatic carbocycles. The van der Waals surface area contributed by atoms with Gasteiger partial charge in [0.2, 0.25) is 0 Å². The van der Waals surface area contributed by atoms with Crippen LogP contribution in [-0.2, 0) is 0 Å². The molecule has 1 unspecified atom stereocenters. The number of urea groups is 1. The minimum absolute atomic E-state index is 0.0130. The SMILES string of the molecule is CCSc1ccccc1NC(=O)N1CC=CC1CC. The second-order valence-electron chi connectivity index (χ2n) is 4.42. The van der Waals surface area contributed by atoms with Crippen molar-refractivity contribution in [3.63, 3.8) is 0 Å². The predicted octanol–water partition coefficient (Wildman–Crippen LogP) is 3.98. The number of hydrogen-bond acceptors (Lipinski definition) is 2. The molecule has 3 nitrogen and oxygen atoms in total. The lowest BCUT2D eigenvalue weighted by atomic mass is 10.2. The number of nitrogens with zero attached hydrogens (tertiary/aromatic N) is 1. The largest absolute Gasteiger partial charge is 0.322 e. The van der Waals surface area contributed by atoms with E-state index >= 15 is 0 Å². The van der Waals surface area contributed by atoms with Gasteiger partial charge in [0.05, 0.1) is 11.7 Å². The fraction of sp³-hybridized carbons (Fsp3) is 0.400. The highest BCUT2D eigenvalue weighted by atomic mass is 32.2. The second-order valence-corrected chi connectivity index (χ2v) is 5.72. The molecule has 0 radical (unpaired) electrons. The Balaban J connectivity index is 2.07. The third-order valence-electron chi connectivity index (χ3n) is 3.17. The fourth-order valence-corrected chi connectivity index (χ4v) is 2.96. The van der Waals surface area contributed by atoms with Gasteiger partial charge in [0, 0.05) is 11.4 Å². The highest BCUT2D eigenvalue weighted by Crippen LogP contribution is 2.27. The average Bonchev–Trinajstić information content (AvgIpc) is 2.89. The molecule has 1 atom stereocenters. The number of hydrogen-bond donors (Lipinski definition) is 1. The number of anilines is 1. The van der Waals surface area contributed by atoms with Crippen LogP contribution in [0.2, 0.25) is 0 Å². The molecule has 0 fully saturated rings. The van der Waals surface area contributed by atoms with Crippen molar-refractivity contribution in [2.24, 2.45) is 0 Å². The molecule has 0 spiro atoms. The van der Waals surface area contributed by atoms with E-state index in [-0.39, 0.29) is 12.1 Å². The van der Waals surface area contributed by atoms with Crippen molar-refractivity contribution in [1.82, 2.24) is 4.90 Å². The minimum atomic E-state index is -0.0130. The summed E-state index contributed by atoms with van der Waals surface area (Å²) in [5.41, 5.74) is 0.904. The molecule has 1 heterocycles. The Labute approximate surface area is 119 Å². The average molecular weight is 276 g/mol. The number of benzene rings is 1. The first-order valence-corrected chi connectivity index (χ1v) is 7.71. The molecular weight excluding hydrogens is 256 g/mol. The number of para-hydroxylation sites is 1. The summed E-state index contributed by atoms with van der Waals surface area (Å²) in [6.45, 7) is 4.91. The van der Waals surface area contributed by atoms with Crippen LogP contribution in [-0.4, -0.2) is 29.3 Å². The van der Waals surface area contributed by atoms with Gasteiger partial charge < -0.3 is 10.2 Å². The molecule has 2 rings (SSSR count). The lowest BCUT2D eigenvalue weighted by molar-refractivity contribution is 0.209. The molecule has 4 heteroatoms. The summed E-state index contributed by atoms with van der Waals surface area (Å²) in [5.74, 6) is 0.996. The van der Waals surface area contributed by atoms with Crippen molar-refractivity contribution in [2.75, 3.05) is 17.6 Å². The first-order chi connectivity index (χ1) is 9.26. The van der Waals surface area contributed by atoms with Gasteiger partial charge in [0.25, 0.3) is 0 Å². The maximum absolute atomic E-state index is 12.3. The van der Waals surface area contributed by atoms with Crippen LogP contribution in [0.5, 0.6) is 0 Å². The Morgan fingerprint density at radius 2 is 2.21 bits per heavy atom. The molecule has 1 aromatic carbocycles. The smallest absolute Gasteiger partial charge is 0.314 e. The van der Waals surface area contributed by atoms with Crippen LogP contribution in [0.1, 0.15) is 20.3 Å². The summed E-state index contributed by atoms with van der Waals surface area (Å²) in [6, 6.07) is 8.17. The normalized spacial score (nSPS) is 17.8. The van der Waals surface area contributed by atoms with E-state index in [9.17, 15) is 4.79 Å². The Morgan fingerprint density at radius 1 is 1.42 bits per heavy atom. The monoisotopic (exact) mass is 276 g/mol. The van der Waals surface area contributed by atoms with Gasteiger partial charge in [-0.3, -0.25) is 0 Å².